The highest BCUT2D eigenvalue weighted by atomic mass is 19.4. The second-order valence-corrected chi connectivity index (χ2v) is 5.89. The molecule has 1 aliphatic heterocycles. The molecule has 2 N–H and O–H groups in total. The van der Waals surface area contributed by atoms with Gasteiger partial charge in [0, 0.05) is 29.9 Å². The molecule has 2 aromatic carbocycles. The maximum atomic E-state index is 12.4. The lowest BCUT2D eigenvalue weighted by Crippen LogP contribution is -2.18. The number of rotatable bonds is 3. The minimum atomic E-state index is -4.37. The summed E-state index contributed by atoms with van der Waals surface area (Å²) in [6, 6.07) is 11.3. The lowest BCUT2D eigenvalue weighted by molar-refractivity contribution is -0.0793. The Morgan fingerprint density at radius 3 is 2.54 bits per heavy atom. The van der Waals surface area contributed by atoms with E-state index in [4.69, 9.17) is 4.74 Å². The fraction of sp³-hybridized carbons (Fsp3) is 0.211. The van der Waals surface area contributed by atoms with Gasteiger partial charge in [0.25, 0.3) is 5.91 Å². The number of alkyl halides is 3. The van der Waals surface area contributed by atoms with Crippen molar-refractivity contribution < 1.29 is 22.7 Å². The molecule has 0 saturated carbocycles. The summed E-state index contributed by atoms with van der Waals surface area (Å²) >= 11 is 0. The first-order valence-electron chi connectivity index (χ1n) is 8.00. The number of fused-ring (bicyclic) bond motifs is 1. The van der Waals surface area contributed by atoms with Crippen LogP contribution in [-0.4, -0.2) is 25.2 Å². The van der Waals surface area contributed by atoms with Crippen LogP contribution in [0.4, 0.5) is 24.5 Å². The van der Waals surface area contributed by atoms with E-state index in [1.165, 1.54) is 31.2 Å². The van der Waals surface area contributed by atoms with Crippen LogP contribution in [0, 0.1) is 0 Å². The SMILES string of the molecule is CC(=CC(F)(F)F)c1ccc(C(=O)Nc2ccc3c(c2)OCCN3)cc1. The number of carbonyl (C=O) groups excluding carboxylic acids is 1. The Labute approximate surface area is 148 Å². The normalized spacial score (nSPS) is 14.1. The van der Waals surface area contributed by atoms with Gasteiger partial charge in [0.2, 0.25) is 0 Å². The van der Waals surface area contributed by atoms with Gasteiger partial charge in [0.05, 0.1) is 5.69 Å². The second kappa shape index (κ2) is 7.11. The molecular formula is C19H17F3N2O2. The molecule has 0 atom stereocenters. The van der Waals surface area contributed by atoms with Gasteiger partial charge < -0.3 is 15.4 Å². The number of amides is 1. The highest BCUT2D eigenvalue weighted by molar-refractivity contribution is 6.04. The van der Waals surface area contributed by atoms with E-state index in [2.05, 4.69) is 10.6 Å². The van der Waals surface area contributed by atoms with E-state index >= 15 is 0 Å². The van der Waals surface area contributed by atoms with Crippen molar-refractivity contribution in [3.05, 3.63) is 59.7 Å². The minimum Gasteiger partial charge on any atom is -0.490 e. The number of halogens is 3. The Kier molecular flexibility index (Phi) is 4.88. The third-order valence-corrected chi connectivity index (χ3v) is 3.90. The molecule has 0 fully saturated rings. The lowest BCUT2D eigenvalue weighted by Gasteiger charge is -2.19. The van der Waals surface area contributed by atoms with Crippen molar-refractivity contribution in [3.63, 3.8) is 0 Å². The largest absolute Gasteiger partial charge is 0.490 e. The summed E-state index contributed by atoms with van der Waals surface area (Å²) in [5.74, 6) is 0.315. The fourth-order valence-electron chi connectivity index (χ4n) is 2.63. The first-order chi connectivity index (χ1) is 12.3. The number of benzene rings is 2. The number of carbonyl (C=O) groups is 1. The number of nitrogens with one attached hydrogen (secondary N) is 2. The molecule has 136 valence electrons. The van der Waals surface area contributed by atoms with Crippen molar-refractivity contribution in [1.29, 1.82) is 0 Å². The summed E-state index contributed by atoms with van der Waals surface area (Å²) in [6.45, 7) is 2.66. The van der Waals surface area contributed by atoms with Crippen LogP contribution in [0.25, 0.3) is 5.57 Å². The topological polar surface area (TPSA) is 50.4 Å². The molecule has 7 heteroatoms. The van der Waals surface area contributed by atoms with Crippen molar-refractivity contribution in [1.82, 2.24) is 0 Å². The van der Waals surface area contributed by atoms with Gasteiger partial charge in [-0.2, -0.15) is 13.2 Å². The molecule has 0 bridgehead atoms. The third-order valence-electron chi connectivity index (χ3n) is 3.90. The molecule has 0 aromatic heterocycles. The number of hydrogen-bond acceptors (Lipinski definition) is 3. The molecule has 1 aliphatic rings. The van der Waals surface area contributed by atoms with Gasteiger partial charge in [-0.25, -0.2) is 0 Å². The van der Waals surface area contributed by atoms with Crippen LogP contribution in [0.5, 0.6) is 5.75 Å². The molecule has 1 heterocycles. The van der Waals surface area contributed by atoms with Gasteiger partial charge in [-0.3, -0.25) is 4.79 Å². The van der Waals surface area contributed by atoms with Gasteiger partial charge in [-0.1, -0.05) is 12.1 Å². The summed E-state index contributed by atoms with van der Waals surface area (Å²) in [7, 11) is 0. The van der Waals surface area contributed by atoms with Gasteiger partial charge in [-0.05, 0) is 42.3 Å². The Balaban J connectivity index is 1.71. The highest BCUT2D eigenvalue weighted by Crippen LogP contribution is 2.30. The quantitative estimate of drug-likeness (QED) is 0.831. The van der Waals surface area contributed by atoms with Crippen molar-refractivity contribution in [2.45, 2.75) is 13.1 Å². The average molecular weight is 362 g/mol. The summed E-state index contributed by atoms with van der Waals surface area (Å²) in [4.78, 5) is 12.3. The summed E-state index contributed by atoms with van der Waals surface area (Å²) in [5.41, 5.74) is 2.29. The molecule has 26 heavy (non-hydrogen) atoms. The Hall–Kier alpha value is -2.96. The smallest absolute Gasteiger partial charge is 0.410 e. The predicted molar refractivity (Wildman–Crippen MR) is 94.5 cm³/mol. The number of hydrogen-bond donors (Lipinski definition) is 2. The maximum absolute atomic E-state index is 12.4. The van der Waals surface area contributed by atoms with Crippen LogP contribution in [0.2, 0.25) is 0 Å². The van der Waals surface area contributed by atoms with Gasteiger partial charge in [0.15, 0.2) is 0 Å². The summed E-state index contributed by atoms with van der Waals surface area (Å²) in [5, 5.41) is 5.94. The van der Waals surface area contributed by atoms with Gasteiger partial charge in [-0.15, -0.1) is 0 Å². The predicted octanol–water partition coefficient (Wildman–Crippen LogP) is 4.71. The van der Waals surface area contributed by atoms with Gasteiger partial charge in [0.1, 0.15) is 12.4 Å². The molecular weight excluding hydrogens is 345 g/mol. The first kappa shape index (κ1) is 17.8. The maximum Gasteiger partial charge on any atom is 0.410 e. The monoisotopic (exact) mass is 362 g/mol. The van der Waals surface area contributed by atoms with Crippen molar-refractivity contribution in [2.24, 2.45) is 0 Å². The number of allylic oxidation sites excluding steroid dienone is 2. The van der Waals surface area contributed by atoms with E-state index in [0.717, 1.165) is 12.2 Å². The molecule has 0 aliphatic carbocycles. The Morgan fingerprint density at radius 1 is 1.15 bits per heavy atom. The van der Waals surface area contributed by atoms with E-state index in [-0.39, 0.29) is 17.6 Å². The van der Waals surface area contributed by atoms with Crippen molar-refractivity contribution >= 4 is 22.9 Å². The molecule has 3 rings (SSSR count). The Morgan fingerprint density at radius 2 is 1.85 bits per heavy atom. The number of anilines is 2. The van der Waals surface area contributed by atoms with E-state index in [1.807, 2.05) is 6.07 Å². The molecule has 0 spiro atoms. The van der Waals surface area contributed by atoms with Crippen molar-refractivity contribution in [2.75, 3.05) is 23.8 Å². The van der Waals surface area contributed by atoms with Gasteiger partial charge >= 0.3 is 6.18 Å². The third kappa shape index (κ3) is 4.36. The highest BCUT2D eigenvalue weighted by Gasteiger charge is 2.23. The average Bonchev–Trinajstić information content (AvgIpc) is 2.60. The number of ether oxygens (including phenoxy) is 1. The molecule has 0 radical (unpaired) electrons. The van der Waals surface area contributed by atoms with Crippen LogP contribution >= 0.6 is 0 Å². The zero-order chi connectivity index (χ0) is 18.7. The van der Waals surface area contributed by atoms with Crippen LogP contribution < -0.4 is 15.4 Å². The van der Waals surface area contributed by atoms with Crippen LogP contribution in [-0.2, 0) is 0 Å². The van der Waals surface area contributed by atoms with Crippen molar-refractivity contribution in [3.8, 4) is 5.75 Å². The molecule has 0 unspecified atom stereocenters. The summed E-state index contributed by atoms with van der Waals surface area (Å²) < 4.78 is 42.7. The molecule has 0 saturated heterocycles. The fourth-order valence-corrected chi connectivity index (χ4v) is 2.63. The van der Waals surface area contributed by atoms with E-state index < -0.39 is 6.18 Å². The minimum absolute atomic E-state index is 0.0868. The van der Waals surface area contributed by atoms with E-state index in [9.17, 15) is 18.0 Å². The van der Waals surface area contributed by atoms with Crippen LogP contribution in [0.1, 0.15) is 22.8 Å². The van der Waals surface area contributed by atoms with Crippen LogP contribution in [0.15, 0.2) is 48.5 Å². The molecule has 1 amide bonds. The van der Waals surface area contributed by atoms with Crippen LogP contribution in [0.3, 0.4) is 0 Å². The van der Waals surface area contributed by atoms with E-state index in [0.29, 0.717) is 29.2 Å². The zero-order valence-corrected chi connectivity index (χ0v) is 14.0. The molecule has 4 nitrogen and oxygen atoms in total. The lowest BCUT2D eigenvalue weighted by atomic mass is 10.0. The molecule has 2 aromatic rings. The Bertz CT molecular complexity index is 843. The second-order valence-electron chi connectivity index (χ2n) is 5.89. The van der Waals surface area contributed by atoms with E-state index in [1.54, 1.807) is 12.1 Å². The first-order valence-corrected chi connectivity index (χ1v) is 8.00. The summed E-state index contributed by atoms with van der Waals surface area (Å²) in [6.07, 6.45) is -4.13. The standard InChI is InChI=1S/C19H17F3N2O2/c1-12(11-19(20,21)22)13-2-4-14(5-3-13)18(25)24-15-6-7-16-17(10-15)26-9-8-23-16/h2-7,10-11,23H,8-9H2,1H3,(H,24,25). The zero-order valence-electron chi connectivity index (χ0n) is 14.0.